The van der Waals surface area contributed by atoms with E-state index < -0.39 is 0 Å². The minimum atomic E-state index is 0.630. The van der Waals surface area contributed by atoms with Gasteiger partial charge in [-0.1, -0.05) is 18.2 Å². The number of rotatable bonds is 3. The standard InChI is InChI=1S/C9H11NOS/c1-2-4-8(5-3-1)10-12-9-6-11-7-9/h1-5,9-10H,6-7H2. The summed E-state index contributed by atoms with van der Waals surface area (Å²) in [5.74, 6) is 0. The predicted octanol–water partition coefficient (Wildman–Crippen LogP) is 2.15. The Bertz CT molecular complexity index is 236. The molecule has 2 rings (SSSR count). The number of anilines is 1. The summed E-state index contributed by atoms with van der Waals surface area (Å²) < 4.78 is 8.35. The van der Waals surface area contributed by atoms with Crippen LogP contribution < -0.4 is 4.72 Å². The Morgan fingerprint density at radius 1 is 1.25 bits per heavy atom. The second kappa shape index (κ2) is 3.83. The monoisotopic (exact) mass is 181 g/mol. The Morgan fingerprint density at radius 3 is 2.58 bits per heavy atom. The number of benzene rings is 1. The summed E-state index contributed by atoms with van der Waals surface area (Å²) in [6, 6.07) is 10.2. The van der Waals surface area contributed by atoms with Crippen LogP contribution in [0.1, 0.15) is 0 Å². The van der Waals surface area contributed by atoms with Crippen LogP contribution in [-0.2, 0) is 4.74 Å². The summed E-state index contributed by atoms with van der Waals surface area (Å²) in [6.07, 6.45) is 0. The molecule has 0 bridgehead atoms. The van der Waals surface area contributed by atoms with E-state index in [1.807, 2.05) is 18.2 Å². The first-order valence-electron chi connectivity index (χ1n) is 3.99. The highest BCUT2D eigenvalue weighted by molar-refractivity contribution is 8.01. The average Bonchev–Trinajstić information content (AvgIpc) is 2.04. The first kappa shape index (κ1) is 7.95. The molecule has 1 aromatic carbocycles. The van der Waals surface area contributed by atoms with E-state index in [0.717, 1.165) is 18.9 Å². The van der Waals surface area contributed by atoms with Crippen LogP contribution >= 0.6 is 11.9 Å². The summed E-state index contributed by atoms with van der Waals surface area (Å²) in [5, 5.41) is 0.630. The van der Waals surface area contributed by atoms with E-state index in [4.69, 9.17) is 4.74 Å². The Labute approximate surface area is 76.4 Å². The number of nitrogens with one attached hydrogen (secondary N) is 1. The van der Waals surface area contributed by atoms with Gasteiger partial charge in [0.15, 0.2) is 0 Å². The summed E-state index contributed by atoms with van der Waals surface area (Å²) in [6.45, 7) is 1.76. The predicted molar refractivity (Wildman–Crippen MR) is 52.3 cm³/mol. The largest absolute Gasteiger partial charge is 0.379 e. The lowest BCUT2D eigenvalue weighted by atomic mass is 10.3. The highest BCUT2D eigenvalue weighted by Crippen LogP contribution is 2.21. The zero-order chi connectivity index (χ0) is 8.23. The Morgan fingerprint density at radius 2 is 2.00 bits per heavy atom. The van der Waals surface area contributed by atoms with Gasteiger partial charge in [0, 0.05) is 5.69 Å². The first-order valence-corrected chi connectivity index (χ1v) is 4.87. The molecular weight excluding hydrogens is 170 g/mol. The molecule has 0 aromatic heterocycles. The summed E-state index contributed by atoms with van der Waals surface area (Å²) in [7, 11) is 0. The van der Waals surface area contributed by atoms with Crippen molar-refractivity contribution < 1.29 is 4.74 Å². The van der Waals surface area contributed by atoms with E-state index >= 15 is 0 Å². The molecule has 0 radical (unpaired) electrons. The van der Waals surface area contributed by atoms with Gasteiger partial charge in [0.1, 0.15) is 0 Å². The van der Waals surface area contributed by atoms with Crippen molar-refractivity contribution in [3.05, 3.63) is 30.3 Å². The molecule has 3 heteroatoms. The molecule has 0 amide bonds. The van der Waals surface area contributed by atoms with Crippen LogP contribution in [0.2, 0.25) is 0 Å². The van der Waals surface area contributed by atoms with Crippen LogP contribution in [0.25, 0.3) is 0 Å². The third-order valence-corrected chi connectivity index (χ3v) is 2.68. The van der Waals surface area contributed by atoms with Crippen molar-refractivity contribution in [1.82, 2.24) is 0 Å². The lowest BCUT2D eigenvalue weighted by molar-refractivity contribution is 0.0457. The topological polar surface area (TPSA) is 21.3 Å². The number of hydrogen-bond acceptors (Lipinski definition) is 3. The second-order valence-electron chi connectivity index (χ2n) is 2.75. The minimum absolute atomic E-state index is 0.630. The fraction of sp³-hybridized carbons (Fsp3) is 0.333. The van der Waals surface area contributed by atoms with Gasteiger partial charge in [0.25, 0.3) is 0 Å². The lowest BCUT2D eigenvalue weighted by Gasteiger charge is -2.25. The van der Waals surface area contributed by atoms with Gasteiger partial charge < -0.3 is 9.46 Å². The smallest absolute Gasteiger partial charge is 0.0713 e. The zero-order valence-corrected chi connectivity index (χ0v) is 7.51. The quantitative estimate of drug-likeness (QED) is 0.722. The van der Waals surface area contributed by atoms with E-state index in [1.54, 1.807) is 11.9 Å². The molecule has 0 atom stereocenters. The molecule has 1 N–H and O–H groups in total. The maximum absolute atomic E-state index is 5.06. The maximum atomic E-state index is 5.06. The van der Waals surface area contributed by atoms with E-state index in [-0.39, 0.29) is 0 Å². The molecule has 0 unspecified atom stereocenters. The van der Waals surface area contributed by atoms with Crippen molar-refractivity contribution in [1.29, 1.82) is 0 Å². The fourth-order valence-corrected chi connectivity index (χ4v) is 1.71. The van der Waals surface area contributed by atoms with E-state index in [9.17, 15) is 0 Å². The molecule has 1 aliphatic rings. The van der Waals surface area contributed by atoms with Gasteiger partial charge in [0.2, 0.25) is 0 Å². The molecule has 0 spiro atoms. The lowest BCUT2D eigenvalue weighted by Crippen LogP contribution is -2.31. The van der Waals surface area contributed by atoms with Gasteiger partial charge in [-0.15, -0.1) is 0 Å². The van der Waals surface area contributed by atoms with Gasteiger partial charge in [-0.25, -0.2) is 0 Å². The number of hydrogen-bond donors (Lipinski definition) is 1. The normalized spacial score (nSPS) is 17.0. The molecule has 0 saturated carbocycles. The van der Waals surface area contributed by atoms with Crippen molar-refractivity contribution in [2.75, 3.05) is 17.9 Å². The van der Waals surface area contributed by atoms with Gasteiger partial charge in [-0.05, 0) is 24.1 Å². The molecule has 1 aromatic rings. The number of ether oxygens (including phenoxy) is 1. The third-order valence-electron chi connectivity index (χ3n) is 1.72. The van der Waals surface area contributed by atoms with Crippen molar-refractivity contribution in [3.8, 4) is 0 Å². The molecule has 1 heterocycles. The molecule has 1 fully saturated rings. The van der Waals surface area contributed by atoms with Crippen molar-refractivity contribution in [2.24, 2.45) is 0 Å². The van der Waals surface area contributed by atoms with Crippen LogP contribution in [-0.4, -0.2) is 18.5 Å². The van der Waals surface area contributed by atoms with Gasteiger partial charge in [0.05, 0.1) is 18.5 Å². The Kier molecular flexibility index (Phi) is 2.54. The third kappa shape index (κ3) is 1.93. The van der Waals surface area contributed by atoms with Crippen molar-refractivity contribution in [3.63, 3.8) is 0 Å². The van der Waals surface area contributed by atoms with Gasteiger partial charge in [-0.2, -0.15) is 0 Å². The van der Waals surface area contributed by atoms with E-state index in [0.29, 0.717) is 5.25 Å². The summed E-state index contributed by atoms with van der Waals surface area (Å²) in [4.78, 5) is 0. The van der Waals surface area contributed by atoms with E-state index in [1.165, 1.54) is 0 Å². The van der Waals surface area contributed by atoms with Crippen LogP contribution in [0.4, 0.5) is 5.69 Å². The van der Waals surface area contributed by atoms with Crippen LogP contribution in [0.3, 0.4) is 0 Å². The molecule has 2 nitrogen and oxygen atoms in total. The molecule has 0 aliphatic carbocycles. The van der Waals surface area contributed by atoms with Crippen molar-refractivity contribution in [2.45, 2.75) is 5.25 Å². The maximum Gasteiger partial charge on any atom is 0.0713 e. The average molecular weight is 181 g/mol. The van der Waals surface area contributed by atoms with Crippen LogP contribution in [0.5, 0.6) is 0 Å². The molecule has 12 heavy (non-hydrogen) atoms. The van der Waals surface area contributed by atoms with Gasteiger partial charge in [-0.3, -0.25) is 0 Å². The summed E-state index contributed by atoms with van der Waals surface area (Å²) in [5.41, 5.74) is 1.16. The van der Waals surface area contributed by atoms with Crippen LogP contribution in [0, 0.1) is 0 Å². The zero-order valence-electron chi connectivity index (χ0n) is 6.69. The molecule has 1 saturated heterocycles. The molecule has 1 aliphatic heterocycles. The highest BCUT2D eigenvalue weighted by Gasteiger charge is 2.18. The van der Waals surface area contributed by atoms with Crippen LogP contribution in [0.15, 0.2) is 30.3 Å². The fourth-order valence-electron chi connectivity index (χ4n) is 0.940. The molecular formula is C9H11NOS. The Hall–Kier alpha value is -0.670. The van der Waals surface area contributed by atoms with Crippen molar-refractivity contribution >= 4 is 17.6 Å². The SMILES string of the molecule is c1ccc(NSC2COC2)cc1. The highest BCUT2D eigenvalue weighted by atomic mass is 32.2. The second-order valence-corrected chi connectivity index (χ2v) is 3.85. The van der Waals surface area contributed by atoms with Gasteiger partial charge >= 0.3 is 0 Å². The first-order chi connectivity index (χ1) is 5.95. The molecule has 64 valence electrons. The Balaban J connectivity index is 1.79. The number of para-hydroxylation sites is 1. The summed E-state index contributed by atoms with van der Waals surface area (Å²) >= 11 is 1.74. The minimum Gasteiger partial charge on any atom is -0.379 e. The van der Waals surface area contributed by atoms with E-state index in [2.05, 4.69) is 16.9 Å².